The van der Waals surface area contributed by atoms with Gasteiger partial charge in [0, 0.05) is 0 Å². The fourth-order valence-electron chi connectivity index (χ4n) is 0. The summed E-state index contributed by atoms with van der Waals surface area (Å²) in [7, 11) is 2.09. The Hall–Kier alpha value is 1.85. The molecule has 0 saturated heterocycles. The minimum Gasteiger partial charge on any atom is -0.176 e. The van der Waals surface area contributed by atoms with Crippen molar-refractivity contribution in [3.63, 3.8) is 0 Å². The van der Waals surface area contributed by atoms with E-state index in [0.717, 1.165) is 0 Å². The van der Waals surface area contributed by atoms with Crippen molar-refractivity contribution >= 4 is 55.9 Å². The summed E-state index contributed by atoms with van der Waals surface area (Å²) in [6.45, 7) is 0. The summed E-state index contributed by atoms with van der Waals surface area (Å²) in [4.78, 5) is 0. The van der Waals surface area contributed by atoms with Gasteiger partial charge < -0.3 is 0 Å². The Balaban J connectivity index is 3.73. The van der Waals surface area contributed by atoms with Crippen molar-refractivity contribution in [1.29, 1.82) is 0 Å². The zero-order valence-corrected chi connectivity index (χ0v) is 9.23. The van der Waals surface area contributed by atoms with E-state index in [9.17, 15) is 0 Å². The lowest BCUT2D eigenvalue weighted by Crippen LogP contribution is -1.81. The van der Waals surface area contributed by atoms with Crippen molar-refractivity contribution < 1.29 is 0 Å². The molecule has 0 aliphatic heterocycles. The van der Waals surface area contributed by atoms with Crippen LogP contribution < -0.4 is 0 Å². The van der Waals surface area contributed by atoms with Gasteiger partial charge in [0.05, 0.1) is 0 Å². The normalized spacial score (nSPS) is 19.0. The van der Waals surface area contributed by atoms with Crippen molar-refractivity contribution in [3.8, 4) is 0 Å². The molecule has 0 spiro atoms. The van der Waals surface area contributed by atoms with Crippen LogP contribution in [-0.4, -0.2) is 13.4 Å². The van der Waals surface area contributed by atoms with E-state index in [1.807, 2.05) is 0 Å². The summed E-state index contributed by atoms with van der Waals surface area (Å²) in [5.74, 6) is 0. The highest BCUT2D eigenvalue weighted by Gasteiger charge is 2.15. The maximum atomic E-state index is 3.44. The average molecular weight is 301 g/mol. The second kappa shape index (κ2) is 1.67. The third kappa shape index (κ3) is 40.1. The third-order valence-corrected chi connectivity index (χ3v) is 0. The number of hydrogen-bond donors (Lipinski definition) is 1. The number of thiol groups is 1. The van der Waals surface area contributed by atoms with Crippen LogP contribution in [-0.2, 0) is 0 Å². The lowest BCUT2D eigenvalue weighted by molar-refractivity contribution is 2.52. The van der Waals surface area contributed by atoms with Gasteiger partial charge >= 0.3 is 0 Å². The van der Waals surface area contributed by atoms with Crippen LogP contribution in [0.25, 0.3) is 0 Å². The minimum absolute atomic E-state index is 1.61. The second-order valence-corrected chi connectivity index (χ2v) is 32.7. The lowest BCUT2D eigenvalue weighted by atomic mass is 10.8. The van der Waals surface area contributed by atoms with Crippen molar-refractivity contribution in [1.82, 2.24) is 0 Å². The Morgan fingerprint density at radius 2 is 1.33 bits per heavy atom. The topological polar surface area (TPSA) is 0 Å². The molecule has 0 aliphatic carbocycles. The Bertz CT molecular complexity index is 44.0. The van der Waals surface area contributed by atoms with Crippen LogP contribution in [0.4, 0.5) is 0 Å². The maximum absolute atomic E-state index is 3.44. The summed E-state index contributed by atoms with van der Waals surface area (Å²) in [5.41, 5.74) is 0. The largest absolute Gasteiger partial charge is 0.176 e. The first-order chi connectivity index (χ1) is 2.24. The van der Waals surface area contributed by atoms with E-state index in [4.69, 9.17) is 0 Å². The molecule has 0 saturated carbocycles. The highest BCUT2D eigenvalue weighted by Crippen LogP contribution is 2.82. The molecule has 0 amide bonds. The van der Waals surface area contributed by atoms with Crippen molar-refractivity contribution in [2.45, 2.75) is 0 Å². The summed E-state index contributed by atoms with van der Waals surface area (Å²) in [5, 5.41) is 0. The van der Waals surface area contributed by atoms with Crippen molar-refractivity contribution in [2.24, 2.45) is 0 Å². The molecule has 40 valence electrons. The van der Waals surface area contributed by atoms with E-state index in [0.29, 0.717) is 0 Å². The van der Waals surface area contributed by atoms with Gasteiger partial charge in [0.25, 0.3) is 0 Å². The summed E-state index contributed by atoms with van der Waals surface area (Å²) >= 11 is 10.3. The standard InChI is InChI=1S/CH6BBr3S/c1-6(2,3,4)5/h6H,2H2,1H3. The Kier molecular flexibility index (Phi) is 2.19. The van der Waals surface area contributed by atoms with Crippen molar-refractivity contribution in [3.05, 3.63) is 0 Å². The van der Waals surface area contributed by atoms with Crippen LogP contribution in [0, 0.1) is 0 Å². The Morgan fingerprint density at radius 1 is 1.33 bits per heavy atom. The van der Waals surface area contributed by atoms with Crippen molar-refractivity contribution in [2.75, 3.05) is 6.26 Å². The average Bonchev–Trinajstić information content (AvgIpc) is 0.650. The molecule has 0 bridgehead atoms. The molecule has 0 N–H and O–H groups in total. The fourth-order valence-corrected chi connectivity index (χ4v) is 0. The minimum atomic E-state index is -1.61. The van der Waals surface area contributed by atoms with E-state index in [1.165, 1.54) is 0 Å². The number of halogens is 3. The number of hydrogen-bond acceptors (Lipinski definition) is 0. The van der Waals surface area contributed by atoms with Gasteiger partial charge in [-0.15, -0.1) is 0 Å². The van der Waals surface area contributed by atoms with Crippen LogP contribution in [0.5, 0.6) is 0 Å². The van der Waals surface area contributed by atoms with Crippen LogP contribution in [0.1, 0.15) is 0 Å². The monoisotopic (exact) mass is 298 g/mol. The Labute approximate surface area is 61.6 Å². The zero-order valence-electron chi connectivity index (χ0n) is 3.58. The third-order valence-electron chi connectivity index (χ3n) is 0. The molecular formula is CH6BBr3S. The van der Waals surface area contributed by atoms with Crippen LogP contribution in [0.3, 0.4) is 0 Å². The summed E-state index contributed by atoms with van der Waals surface area (Å²) in [6, 6.07) is 0. The van der Waals surface area contributed by atoms with Gasteiger partial charge in [0.2, 0.25) is 0 Å². The maximum Gasteiger partial charge on any atom is 0.168 e. The highest BCUT2D eigenvalue weighted by atomic mass is 80.0. The second-order valence-electron chi connectivity index (χ2n) is 1.65. The van der Waals surface area contributed by atoms with E-state index in [1.54, 1.807) is 0 Å². The van der Waals surface area contributed by atoms with E-state index >= 15 is 0 Å². The van der Waals surface area contributed by atoms with Gasteiger partial charge in [-0.2, -0.15) is 4.31 Å². The fraction of sp³-hybridized carbons (Fsp3) is 1.00. The van der Waals surface area contributed by atoms with Crippen LogP contribution in [0.2, 0.25) is 0 Å². The molecule has 0 heterocycles. The predicted molar refractivity (Wildman–Crippen MR) is 50.2 cm³/mol. The first-order valence-electron chi connectivity index (χ1n) is 1.40. The molecule has 0 aromatic heterocycles. The molecular weight excluding hydrogens is 295 g/mol. The Morgan fingerprint density at radius 3 is 1.33 bits per heavy atom. The molecule has 6 heavy (non-hydrogen) atoms. The predicted octanol–water partition coefficient (Wildman–Crippen LogP) is 2.17. The van der Waals surface area contributed by atoms with E-state index < -0.39 is 4.31 Å². The summed E-state index contributed by atoms with van der Waals surface area (Å²) in [6.07, 6.45) is 2.09. The molecule has 5 heteroatoms. The van der Waals surface area contributed by atoms with Gasteiger partial charge in [0.15, 0.2) is 7.12 Å². The van der Waals surface area contributed by atoms with E-state index in [-0.39, 0.29) is 0 Å². The lowest BCUT2D eigenvalue weighted by Gasteiger charge is -2.32. The SMILES string of the molecule is B[SH](C)(Br)(Br)Br. The highest BCUT2D eigenvalue weighted by molar-refractivity contribution is 10.2. The van der Waals surface area contributed by atoms with Gasteiger partial charge in [-0.05, 0) is 50.7 Å². The smallest absolute Gasteiger partial charge is 0.168 e. The van der Waals surface area contributed by atoms with Gasteiger partial charge in [-0.25, -0.2) is 0 Å². The molecule has 0 aromatic carbocycles. The quantitative estimate of drug-likeness (QED) is 0.514. The molecule has 0 rings (SSSR count). The first-order valence-corrected chi connectivity index (χ1v) is 10.6. The van der Waals surface area contributed by atoms with Gasteiger partial charge in [-0.1, -0.05) is 0 Å². The van der Waals surface area contributed by atoms with Crippen LogP contribution >= 0.6 is 48.8 Å². The van der Waals surface area contributed by atoms with E-state index in [2.05, 4.69) is 57.8 Å². The first kappa shape index (κ1) is 7.85. The molecule has 0 fully saturated rings. The van der Waals surface area contributed by atoms with Gasteiger partial charge in [-0.3, -0.25) is 0 Å². The molecule has 0 atom stereocenters. The number of rotatable bonds is 0. The molecule has 0 unspecified atom stereocenters. The van der Waals surface area contributed by atoms with Gasteiger partial charge in [0.1, 0.15) is 0 Å². The molecule has 0 nitrogen and oxygen atoms in total. The van der Waals surface area contributed by atoms with Crippen LogP contribution in [0.15, 0.2) is 0 Å². The molecule has 0 radical (unpaired) electrons. The zero-order chi connectivity index (χ0) is 5.45. The summed E-state index contributed by atoms with van der Waals surface area (Å²) < 4.78 is -1.61. The molecule has 0 aromatic rings. The molecule has 0 aliphatic rings.